The minimum absolute atomic E-state index is 0.0880. The predicted octanol–water partition coefficient (Wildman–Crippen LogP) is 1.22. The van der Waals surface area contributed by atoms with Crippen molar-refractivity contribution in [1.29, 1.82) is 0 Å². The Morgan fingerprint density at radius 1 is 1.36 bits per heavy atom. The third kappa shape index (κ3) is 3.38. The maximum atomic E-state index is 12.6. The second kappa shape index (κ2) is 6.72. The third-order valence-electron chi connectivity index (χ3n) is 4.99. The van der Waals surface area contributed by atoms with Crippen LogP contribution in [-0.4, -0.2) is 53.2 Å². The third-order valence-corrected chi connectivity index (χ3v) is 6.79. The van der Waals surface area contributed by atoms with Crippen molar-refractivity contribution in [2.45, 2.75) is 32.2 Å². The number of ether oxygens (including phenoxy) is 1. The SMILES string of the molecule is COC(=O)C1(CCS(=O)(=O)N(C)Cc2nnc3ccccn23)CCC1. The zero-order chi connectivity index (χ0) is 18.1. The first kappa shape index (κ1) is 17.8. The van der Waals surface area contributed by atoms with Crippen molar-refractivity contribution in [2.75, 3.05) is 19.9 Å². The van der Waals surface area contributed by atoms with Gasteiger partial charge in [-0.15, -0.1) is 10.2 Å². The zero-order valence-electron chi connectivity index (χ0n) is 14.4. The summed E-state index contributed by atoms with van der Waals surface area (Å²) >= 11 is 0. The summed E-state index contributed by atoms with van der Waals surface area (Å²) in [7, 11) is -0.646. The monoisotopic (exact) mass is 366 g/mol. The van der Waals surface area contributed by atoms with Gasteiger partial charge in [0, 0.05) is 13.2 Å². The van der Waals surface area contributed by atoms with Gasteiger partial charge in [-0.2, -0.15) is 4.31 Å². The Hall–Kier alpha value is -2.00. The Kier molecular flexibility index (Phi) is 4.79. The van der Waals surface area contributed by atoms with E-state index in [2.05, 4.69) is 10.2 Å². The van der Waals surface area contributed by atoms with Crippen LogP contribution >= 0.6 is 0 Å². The van der Waals surface area contributed by atoms with Gasteiger partial charge in [0.1, 0.15) is 0 Å². The lowest BCUT2D eigenvalue weighted by Gasteiger charge is -2.39. The number of pyridine rings is 1. The normalized spacial score (nSPS) is 16.8. The topological polar surface area (TPSA) is 93.9 Å². The van der Waals surface area contributed by atoms with Crippen LogP contribution in [0.5, 0.6) is 0 Å². The summed E-state index contributed by atoms with van der Waals surface area (Å²) in [5.41, 5.74) is 0.0342. The molecule has 9 heteroatoms. The summed E-state index contributed by atoms with van der Waals surface area (Å²) in [5, 5.41) is 8.09. The molecule has 1 fully saturated rings. The molecule has 0 bridgehead atoms. The molecule has 3 rings (SSSR count). The number of carbonyl (C=O) groups is 1. The van der Waals surface area contributed by atoms with E-state index in [0.717, 1.165) is 6.42 Å². The van der Waals surface area contributed by atoms with Crippen molar-refractivity contribution < 1.29 is 17.9 Å². The Balaban J connectivity index is 1.68. The fourth-order valence-corrected chi connectivity index (χ4v) is 4.43. The van der Waals surface area contributed by atoms with Crippen molar-refractivity contribution in [1.82, 2.24) is 18.9 Å². The van der Waals surface area contributed by atoms with E-state index < -0.39 is 15.4 Å². The fourth-order valence-electron chi connectivity index (χ4n) is 3.15. The van der Waals surface area contributed by atoms with E-state index in [1.165, 1.54) is 18.5 Å². The van der Waals surface area contributed by atoms with Gasteiger partial charge in [0.2, 0.25) is 10.0 Å². The molecule has 1 aliphatic carbocycles. The highest BCUT2D eigenvalue weighted by Gasteiger charge is 2.45. The van der Waals surface area contributed by atoms with Gasteiger partial charge in [0.15, 0.2) is 11.5 Å². The van der Waals surface area contributed by atoms with E-state index in [1.54, 1.807) is 10.6 Å². The molecule has 0 atom stereocenters. The minimum atomic E-state index is -3.51. The number of esters is 1. The van der Waals surface area contributed by atoms with E-state index in [4.69, 9.17) is 4.74 Å². The number of nitrogens with zero attached hydrogens (tertiary/aromatic N) is 4. The lowest BCUT2D eigenvalue weighted by molar-refractivity contribution is -0.158. The molecule has 2 aromatic heterocycles. The summed E-state index contributed by atoms with van der Waals surface area (Å²) in [6.07, 6.45) is 4.39. The number of rotatable bonds is 7. The smallest absolute Gasteiger partial charge is 0.311 e. The van der Waals surface area contributed by atoms with Crippen LogP contribution in [0, 0.1) is 5.41 Å². The number of carbonyl (C=O) groups excluding carboxylic acids is 1. The molecule has 0 saturated heterocycles. The molecule has 2 aromatic rings. The maximum Gasteiger partial charge on any atom is 0.311 e. The van der Waals surface area contributed by atoms with E-state index in [9.17, 15) is 13.2 Å². The van der Waals surface area contributed by atoms with Crippen molar-refractivity contribution >= 4 is 21.6 Å². The molecule has 25 heavy (non-hydrogen) atoms. The van der Waals surface area contributed by atoms with Crippen LogP contribution in [-0.2, 0) is 26.1 Å². The van der Waals surface area contributed by atoms with Crippen molar-refractivity contribution in [3.05, 3.63) is 30.2 Å². The van der Waals surface area contributed by atoms with Gasteiger partial charge < -0.3 is 4.74 Å². The molecule has 0 aliphatic heterocycles. The summed E-state index contributed by atoms with van der Waals surface area (Å²) in [6.45, 7) is 0.124. The van der Waals surface area contributed by atoms with Crippen molar-refractivity contribution in [2.24, 2.45) is 5.41 Å². The lowest BCUT2D eigenvalue weighted by atomic mass is 9.67. The Morgan fingerprint density at radius 3 is 2.76 bits per heavy atom. The van der Waals surface area contributed by atoms with E-state index in [0.29, 0.717) is 24.3 Å². The van der Waals surface area contributed by atoms with Crippen LogP contribution in [0.3, 0.4) is 0 Å². The van der Waals surface area contributed by atoms with Gasteiger partial charge in [0.25, 0.3) is 0 Å². The van der Waals surface area contributed by atoms with Crippen molar-refractivity contribution in [3.63, 3.8) is 0 Å². The van der Waals surface area contributed by atoms with E-state index in [1.807, 2.05) is 18.2 Å². The second-order valence-corrected chi connectivity index (χ2v) is 8.69. The van der Waals surface area contributed by atoms with Gasteiger partial charge >= 0.3 is 5.97 Å². The second-order valence-electron chi connectivity index (χ2n) is 6.49. The maximum absolute atomic E-state index is 12.6. The van der Waals surface area contributed by atoms with Gasteiger partial charge in [-0.05, 0) is 31.4 Å². The lowest BCUT2D eigenvalue weighted by Crippen LogP contribution is -2.41. The molecular weight excluding hydrogens is 344 g/mol. The molecule has 0 amide bonds. The predicted molar refractivity (Wildman–Crippen MR) is 91.2 cm³/mol. The molecule has 2 heterocycles. The van der Waals surface area contributed by atoms with Crippen LogP contribution in [0.1, 0.15) is 31.5 Å². The molecule has 1 saturated carbocycles. The van der Waals surface area contributed by atoms with Crippen LogP contribution in [0.25, 0.3) is 5.65 Å². The Labute approximate surface area is 146 Å². The van der Waals surface area contributed by atoms with Crippen LogP contribution in [0.4, 0.5) is 0 Å². The van der Waals surface area contributed by atoms with Crippen molar-refractivity contribution in [3.8, 4) is 0 Å². The molecule has 1 aliphatic rings. The molecule has 8 nitrogen and oxygen atoms in total. The molecular formula is C16H22N4O4S. The molecule has 0 N–H and O–H groups in total. The largest absolute Gasteiger partial charge is 0.469 e. The molecule has 136 valence electrons. The number of hydrogen-bond acceptors (Lipinski definition) is 6. The Bertz CT molecular complexity index is 873. The van der Waals surface area contributed by atoms with E-state index >= 15 is 0 Å². The first-order chi connectivity index (χ1) is 11.9. The van der Waals surface area contributed by atoms with Crippen LogP contribution < -0.4 is 0 Å². The minimum Gasteiger partial charge on any atom is -0.469 e. The van der Waals surface area contributed by atoms with E-state index in [-0.39, 0.29) is 24.7 Å². The number of methoxy groups -OCH3 is 1. The average Bonchev–Trinajstić information content (AvgIpc) is 2.96. The fraction of sp³-hybridized carbons (Fsp3) is 0.562. The van der Waals surface area contributed by atoms with Crippen LogP contribution in [0.2, 0.25) is 0 Å². The summed E-state index contributed by atoms with van der Waals surface area (Å²) < 4.78 is 33.1. The Morgan fingerprint density at radius 2 is 2.12 bits per heavy atom. The zero-order valence-corrected chi connectivity index (χ0v) is 15.2. The number of fused-ring (bicyclic) bond motifs is 1. The van der Waals surface area contributed by atoms with Gasteiger partial charge in [-0.1, -0.05) is 12.5 Å². The number of hydrogen-bond donors (Lipinski definition) is 0. The number of aromatic nitrogens is 3. The summed E-state index contributed by atoms with van der Waals surface area (Å²) in [5.74, 6) is 0.156. The van der Waals surface area contributed by atoms with Gasteiger partial charge in [0.05, 0.1) is 24.8 Å². The number of sulfonamides is 1. The van der Waals surface area contributed by atoms with Gasteiger partial charge in [-0.25, -0.2) is 8.42 Å². The molecule has 0 radical (unpaired) electrons. The standard InChI is InChI=1S/C16H22N4O4S/c1-19(12-14-18-17-13-6-3-4-10-20(13)14)25(22,23)11-9-16(7-5-8-16)15(21)24-2/h3-4,6,10H,5,7-9,11-12H2,1-2H3. The van der Waals surface area contributed by atoms with Gasteiger partial charge in [-0.3, -0.25) is 9.20 Å². The highest BCUT2D eigenvalue weighted by molar-refractivity contribution is 7.89. The molecule has 0 spiro atoms. The average molecular weight is 366 g/mol. The highest BCUT2D eigenvalue weighted by atomic mass is 32.2. The summed E-state index contributed by atoms with van der Waals surface area (Å²) in [4.78, 5) is 12.0. The quantitative estimate of drug-likeness (QED) is 0.684. The summed E-state index contributed by atoms with van der Waals surface area (Å²) in [6, 6.07) is 5.49. The highest BCUT2D eigenvalue weighted by Crippen LogP contribution is 2.45. The first-order valence-corrected chi connectivity index (χ1v) is 9.80. The molecule has 0 aromatic carbocycles. The van der Waals surface area contributed by atoms with Crippen LogP contribution in [0.15, 0.2) is 24.4 Å². The first-order valence-electron chi connectivity index (χ1n) is 8.19. The molecule has 0 unspecified atom stereocenters.